The van der Waals surface area contributed by atoms with Crippen LogP contribution >= 0.6 is 11.6 Å². The summed E-state index contributed by atoms with van der Waals surface area (Å²) in [6.45, 7) is 2.42. The largest absolute Gasteiger partial charge is 0.478 e. The molecular formula is C13H12ClN3O2. The van der Waals surface area contributed by atoms with Crippen molar-refractivity contribution in [2.75, 3.05) is 11.9 Å². The molecule has 2 rings (SSSR count). The minimum absolute atomic E-state index is 0.166. The number of hydrogen-bond acceptors (Lipinski definition) is 4. The van der Waals surface area contributed by atoms with Crippen molar-refractivity contribution in [1.29, 1.82) is 0 Å². The summed E-state index contributed by atoms with van der Waals surface area (Å²) in [4.78, 5) is 19.9. The summed E-state index contributed by atoms with van der Waals surface area (Å²) < 4.78 is 5.21. The molecule has 0 saturated carbocycles. The van der Waals surface area contributed by atoms with Crippen molar-refractivity contribution in [2.24, 2.45) is 0 Å². The van der Waals surface area contributed by atoms with E-state index in [0.717, 1.165) is 0 Å². The fourth-order valence-electron chi connectivity index (χ4n) is 1.44. The van der Waals surface area contributed by atoms with Crippen molar-refractivity contribution in [1.82, 2.24) is 9.97 Å². The Labute approximate surface area is 115 Å². The van der Waals surface area contributed by atoms with Gasteiger partial charge in [-0.3, -0.25) is 4.79 Å². The quantitative estimate of drug-likeness (QED) is 0.873. The monoisotopic (exact) mass is 277 g/mol. The summed E-state index contributed by atoms with van der Waals surface area (Å²) in [5.41, 5.74) is 0.881. The molecule has 0 saturated heterocycles. The van der Waals surface area contributed by atoms with Gasteiger partial charge < -0.3 is 10.1 Å². The summed E-state index contributed by atoms with van der Waals surface area (Å²) >= 11 is 5.84. The van der Waals surface area contributed by atoms with Crippen molar-refractivity contribution < 1.29 is 9.53 Å². The Kier molecular flexibility index (Phi) is 4.30. The number of nitrogens with one attached hydrogen (secondary N) is 1. The van der Waals surface area contributed by atoms with E-state index in [4.69, 9.17) is 16.3 Å². The maximum Gasteiger partial charge on any atom is 0.258 e. The molecule has 0 aromatic carbocycles. The molecule has 6 heteroatoms. The first-order chi connectivity index (χ1) is 9.20. The highest BCUT2D eigenvalue weighted by atomic mass is 35.5. The van der Waals surface area contributed by atoms with E-state index in [0.29, 0.717) is 23.7 Å². The summed E-state index contributed by atoms with van der Waals surface area (Å²) in [5, 5.41) is 2.85. The maximum atomic E-state index is 12.0. The number of pyridine rings is 2. The van der Waals surface area contributed by atoms with Gasteiger partial charge in [-0.2, -0.15) is 0 Å². The highest BCUT2D eigenvalue weighted by molar-refractivity contribution is 6.33. The summed E-state index contributed by atoms with van der Waals surface area (Å²) in [6, 6.07) is 6.65. The van der Waals surface area contributed by atoms with Crippen LogP contribution in [0.25, 0.3) is 0 Å². The lowest BCUT2D eigenvalue weighted by Crippen LogP contribution is -2.13. The van der Waals surface area contributed by atoms with E-state index in [1.807, 2.05) is 6.92 Å². The Bertz CT molecular complexity index is 572. The van der Waals surface area contributed by atoms with Crippen molar-refractivity contribution >= 4 is 23.2 Å². The lowest BCUT2D eigenvalue weighted by molar-refractivity contribution is 0.102. The van der Waals surface area contributed by atoms with E-state index in [9.17, 15) is 4.79 Å². The van der Waals surface area contributed by atoms with Crippen molar-refractivity contribution in [3.8, 4) is 5.88 Å². The first kappa shape index (κ1) is 13.3. The Hall–Kier alpha value is -2.14. The van der Waals surface area contributed by atoms with Gasteiger partial charge in [0.25, 0.3) is 5.91 Å². The highest BCUT2D eigenvalue weighted by Gasteiger charge is 2.10. The van der Waals surface area contributed by atoms with E-state index in [2.05, 4.69) is 15.3 Å². The Morgan fingerprint density at radius 1 is 1.37 bits per heavy atom. The summed E-state index contributed by atoms with van der Waals surface area (Å²) in [6.07, 6.45) is 3.05. The van der Waals surface area contributed by atoms with Crippen LogP contribution in [0.15, 0.2) is 36.7 Å². The average molecular weight is 278 g/mol. The number of halogens is 1. The number of anilines is 1. The number of carbonyl (C=O) groups excluding carboxylic acids is 1. The fourth-order valence-corrected chi connectivity index (χ4v) is 1.65. The molecule has 0 spiro atoms. The molecule has 0 unspecified atom stereocenters. The molecule has 98 valence electrons. The molecule has 1 N–H and O–H groups in total. The first-order valence-corrected chi connectivity index (χ1v) is 6.09. The van der Waals surface area contributed by atoms with Gasteiger partial charge in [-0.1, -0.05) is 11.6 Å². The summed E-state index contributed by atoms with van der Waals surface area (Å²) in [5.74, 6) is 0.184. The van der Waals surface area contributed by atoms with Gasteiger partial charge in [0.1, 0.15) is 5.15 Å². The van der Waals surface area contributed by atoms with Gasteiger partial charge in [0.05, 0.1) is 24.1 Å². The standard InChI is InChI=1S/C13H12ClN3O2/c1-2-19-11-6-5-9(8-16-11)17-13(18)10-4-3-7-15-12(10)14/h3-8H,2H2,1H3,(H,17,18). The Balaban J connectivity index is 2.09. The van der Waals surface area contributed by atoms with E-state index in [1.165, 1.54) is 12.4 Å². The van der Waals surface area contributed by atoms with E-state index in [-0.39, 0.29) is 11.1 Å². The molecular weight excluding hydrogens is 266 g/mol. The van der Waals surface area contributed by atoms with Crippen molar-refractivity contribution in [2.45, 2.75) is 6.92 Å². The zero-order chi connectivity index (χ0) is 13.7. The van der Waals surface area contributed by atoms with Crippen molar-refractivity contribution in [3.63, 3.8) is 0 Å². The molecule has 19 heavy (non-hydrogen) atoms. The second-order valence-electron chi connectivity index (χ2n) is 3.61. The van der Waals surface area contributed by atoms with E-state index in [1.54, 1.807) is 24.3 Å². The van der Waals surface area contributed by atoms with Gasteiger partial charge in [-0.25, -0.2) is 9.97 Å². The van der Waals surface area contributed by atoms with Gasteiger partial charge in [0, 0.05) is 12.3 Å². The number of ether oxygens (including phenoxy) is 1. The molecule has 0 atom stereocenters. The maximum absolute atomic E-state index is 12.0. The molecule has 0 aliphatic heterocycles. The molecule has 2 aromatic heterocycles. The van der Waals surface area contributed by atoms with Gasteiger partial charge in [0.2, 0.25) is 5.88 Å². The Morgan fingerprint density at radius 2 is 2.21 bits per heavy atom. The lowest BCUT2D eigenvalue weighted by atomic mass is 10.2. The summed E-state index contributed by atoms with van der Waals surface area (Å²) in [7, 11) is 0. The average Bonchev–Trinajstić information content (AvgIpc) is 2.42. The predicted molar refractivity (Wildman–Crippen MR) is 72.6 cm³/mol. The van der Waals surface area contributed by atoms with Gasteiger partial charge in [0.15, 0.2) is 0 Å². The molecule has 2 heterocycles. The van der Waals surface area contributed by atoms with Gasteiger partial charge in [-0.05, 0) is 25.1 Å². The van der Waals surface area contributed by atoms with Gasteiger partial charge in [-0.15, -0.1) is 0 Å². The van der Waals surface area contributed by atoms with Crippen LogP contribution in [0.3, 0.4) is 0 Å². The smallest absolute Gasteiger partial charge is 0.258 e. The third-order valence-electron chi connectivity index (χ3n) is 2.29. The predicted octanol–water partition coefficient (Wildman–Crippen LogP) is 2.78. The first-order valence-electron chi connectivity index (χ1n) is 5.71. The number of aromatic nitrogens is 2. The molecule has 0 aliphatic carbocycles. The highest BCUT2D eigenvalue weighted by Crippen LogP contribution is 2.16. The van der Waals surface area contributed by atoms with Crippen LogP contribution in [-0.2, 0) is 0 Å². The van der Waals surface area contributed by atoms with Crippen LogP contribution in [0.2, 0.25) is 5.15 Å². The SMILES string of the molecule is CCOc1ccc(NC(=O)c2cccnc2Cl)cn1. The zero-order valence-electron chi connectivity index (χ0n) is 10.3. The van der Waals surface area contributed by atoms with Crippen LogP contribution in [0.4, 0.5) is 5.69 Å². The molecule has 0 radical (unpaired) electrons. The van der Waals surface area contributed by atoms with E-state index >= 15 is 0 Å². The molecule has 0 fully saturated rings. The Morgan fingerprint density at radius 3 is 2.84 bits per heavy atom. The lowest BCUT2D eigenvalue weighted by Gasteiger charge is -2.06. The minimum Gasteiger partial charge on any atom is -0.478 e. The molecule has 5 nitrogen and oxygen atoms in total. The van der Waals surface area contributed by atoms with Gasteiger partial charge >= 0.3 is 0 Å². The molecule has 1 amide bonds. The molecule has 0 aliphatic rings. The number of amides is 1. The molecule has 2 aromatic rings. The van der Waals surface area contributed by atoms with Crippen LogP contribution in [0.1, 0.15) is 17.3 Å². The second-order valence-corrected chi connectivity index (χ2v) is 3.97. The third-order valence-corrected chi connectivity index (χ3v) is 2.59. The zero-order valence-corrected chi connectivity index (χ0v) is 11.0. The second kappa shape index (κ2) is 6.15. The van der Waals surface area contributed by atoms with Crippen molar-refractivity contribution in [3.05, 3.63) is 47.4 Å². The third kappa shape index (κ3) is 3.42. The van der Waals surface area contributed by atoms with E-state index < -0.39 is 0 Å². The van der Waals surface area contributed by atoms with Crippen LogP contribution in [0.5, 0.6) is 5.88 Å². The van der Waals surface area contributed by atoms with Crippen LogP contribution in [-0.4, -0.2) is 22.5 Å². The minimum atomic E-state index is -0.330. The number of rotatable bonds is 4. The normalized spacial score (nSPS) is 10.0. The number of carbonyl (C=O) groups is 1. The number of hydrogen-bond donors (Lipinski definition) is 1. The molecule has 0 bridgehead atoms. The van der Waals surface area contributed by atoms with Crippen LogP contribution in [0, 0.1) is 0 Å². The topological polar surface area (TPSA) is 64.1 Å². The number of nitrogens with zero attached hydrogens (tertiary/aromatic N) is 2. The fraction of sp³-hybridized carbons (Fsp3) is 0.154. The van der Waals surface area contributed by atoms with Crippen LogP contribution < -0.4 is 10.1 Å².